The van der Waals surface area contributed by atoms with Crippen molar-refractivity contribution in [3.8, 4) is 11.5 Å². The Bertz CT molecular complexity index is 1740. The molecule has 4 rings (SSSR count). The summed E-state index contributed by atoms with van der Waals surface area (Å²) in [7, 11) is 3.17. The van der Waals surface area contributed by atoms with Gasteiger partial charge in [-0.15, -0.1) is 0 Å². The molecule has 0 bridgehead atoms. The molecule has 1 aromatic heterocycles. The molecule has 0 unspecified atom stereocenters. The molecule has 12 nitrogen and oxygen atoms in total. The number of hydrogen-bond donors (Lipinski definition) is 4. The number of alkyl carbamates (subject to hydrolysis) is 1. The molecule has 0 spiro atoms. The number of carbonyl (C=O) groups is 3. The van der Waals surface area contributed by atoms with Crippen molar-refractivity contribution in [1.82, 2.24) is 15.3 Å². The molecule has 0 aliphatic rings. The number of benzene rings is 3. The Balaban J connectivity index is 1.47. The number of methoxy groups -OCH3 is 1. The summed E-state index contributed by atoms with van der Waals surface area (Å²) in [6, 6.07) is 15.8. The summed E-state index contributed by atoms with van der Waals surface area (Å²) in [5, 5.41) is 5.54. The van der Waals surface area contributed by atoms with E-state index in [0.29, 0.717) is 64.0 Å². The third kappa shape index (κ3) is 9.47. The van der Waals surface area contributed by atoms with Crippen molar-refractivity contribution < 1.29 is 28.6 Å². The van der Waals surface area contributed by atoms with Crippen LogP contribution < -0.4 is 30.7 Å². The quantitative estimate of drug-likeness (QED) is 0.114. The van der Waals surface area contributed by atoms with E-state index in [4.69, 9.17) is 19.9 Å². The molecule has 5 N–H and O–H groups in total. The van der Waals surface area contributed by atoms with Crippen molar-refractivity contribution >= 4 is 40.3 Å². The summed E-state index contributed by atoms with van der Waals surface area (Å²) >= 11 is 0. The molecule has 0 aliphatic carbocycles. The summed E-state index contributed by atoms with van der Waals surface area (Å²) in [4.78, 5) is 48.4. The number of aromatic nitrogens is 2. The molecule has 4 aromatic rings. The number of nitrogens with one attached hydrogen (secondary N) is 3. The summed E-state index contributed by atoms with van der Waals surface area (Å²) in [5.41, 5.74) is 8.78. The van der Waals surface area contributed by atoms with Crippen molar-refractivity contribution in [1.29, 1.82) is 0 Å². The minimum absolute atomic E-state index is 0.0911. The lowest BCUT2D eigenvalue weighted by molar-refractivity contribution is 0.0522. The molecular formula is C36H46N6O6. The number of hydrogen-bond acceptors (Lipinski definition) is 8. The first-order chi connectivity index (χ1) is 22.9. The number of nitrogens with zero attached hydrogens (tertiary/aromatic N) is 2. The zero-order valence-corrected chi connectivity index (χ0v) is 28.6. The second kappa shape index (κ2) is 16.1. The zero-order valence-electron chi connectivity index (χ0n) is 28.6. The summed E-state index contributed by atoms with van der Waals surface area (Å²) in [6.07, 6.45) is 3.42. The van der Waals surface area contributed by atoms with Crippen LogP contribution in [-0.2, 0) is 11.3 Å². The van der Waals surface area contributed by atoms with E-state index in [1.54, 1.807) is 69.1 Å². The standard InChI is InChI=1S/C36H46N6O6/c1-23-14-17-28(30(20-23)47-19-10-8-7-9-18-37)42(5)34(44)24-15-16-26(29(21-24)46-6)40-33(43)25-12-11-13-27-32(25)41-31(39-27)22-38-35(45)48-36(2,3)4/h11-17,20-21H,7-10,18-19,22,37H2,1-6H3,(H,38,45)(H,39,41)(H,40,43). The SMILES string of the molecule is COc1cc(C(=O)N(C)c2ccc(C)cc2OCCCCCCN)ccc1NC(=O)c1cccc2[nH]c(CNC(=O)OC(C)(C)C)nc12. The van der Waals surface area contributed by atoms with E-state index >= 15 is 0 Å². The maximum atomic E-state index is 13.6. The monoisotopic (exact) mass is 658 g/mol. The lowest BCUT2D eigenvalue weighted by Crippen LogP contribution is -2.32. The van der Waals surface area contributed by atoms with Crippen LogP contribution in [0.25, 0.3) is 11.0 Å². The summed E-state index contributed by atoms with van der Waals surface area (Å²) in [6.45, 7) is 8.64. The Morgan fingerprint density at radius 3 is 2.48 bits per heavy atom. The fourth-order valence-electron chi connectivity index (χ4n) is 5.04. The van der Waals surface area contributed by atoms with Crippen LogP contribution in [-0.4, -0.2) is 60.8 Å². The van der Waals surface area contributed by atoms with E-state index in [0.717, 1.165) is 31.2 Å². The second-order valence-corrected chi connectivity index (χ2v) is 12.5. The molecule has 256 valence electrons. The molecule has 0 aliphatic heterocycles. The third-order valence-electron chi connectivity index (χ3n) is 7.44. The first-order valence-electron chi connectivity index (χ1n) is 16.1. The zero-order chi connectivity index (χ0) is 34.8. The number of fused-ring (bicyclic) bond motifs is 1. The Labute approximate surface area is 281 Å². The molecule has 3 aromatic carbocycles. The van der Waals surface area contributed by atoms with Crippen molar-refractivity contribution in [2.45, 2.75) is 65.5 Å². The number of rotatable bonds is 14. The third-order valence-corrected chi connectivity index (χ3v) is 7.44. The fraction of sp³-hybridized carbons (Fsp3) is 0.389. The van der Waals surface area contributed by atoms with Gasteiger partial charge < -0.3 is 40.5 Å². The number of imidazole rings is 1. The van der Waals surface area contributed by atoms with E-state index in [1.807, 2.05) is 25.1 Å². The normalized spacial score (nSPS) is 11.2. The summed E-state index contributed by atoms with van der Waals surface area (Å²) in [5.74, 6) is 0.730. The Kier molecular flexibility index (Phi) is 12.0. The Morgan fingerprint density at radius 1 is 0.979 bits per heavy atom. The van der Waals surface area contributed by atoms with E-state index in [1.165, 1.54) is 7.11 Å². The highest BCUT2D eigenvalue weighted by Gasteiger charge is 2.21. The molecule has 48 heavy (non-hydrogen) atoms. The Morgan fingerprint density at radius 2 is 1.75 bits per heavy atom. The minimum atomic E-state index is -0.630. The number of aromatic amines is 1. The van der Waals surface area contributed by atoms with Gasteiger partial charge in [-0.2, -0.15) is 0 Å². The van der Waals surface area contributed by atoms with Crippen molar-refractivity contribution in [2.75, 3.05) is 37.5 Å². The smallest absolute Gasteiger partial charge is 0.408 e. The van der Waals surface area contributed by atoms with Crippen LogP contribution in [0, 0.1) is 6.92 Å². The van der Waals surface area contributed by atoms with Gasteiger partial charge >= 0.3 is 6.09 Å². The van der Waals surface area contributed by atoms with Gasteiger partial charge in [0.1, 0.15) is 28.4 Å². The Hall–Kier alpha value is -5.10. The van der Waals surface area contributed by atoms with E-state index in [-0.39, 0.29) is 12.5 Å². The van der Waals surface area contributed by atoms with Gasteiger partial charge in [0.15, 0.2) is 0 Å². The molecule has 0 fully saturated rings. The molecule has 1 heterocycles. The minimum Gasteiger partial charge on any atom is -0.495 e. The fourth-order valence-corrected chi connectivity index (χ4v) is 5.04. The van der Waals surface area contributed by atoms with Gasteiger partial charge in [0, 0.05) is 12.6 Å². The van der Waals surface area contributed by atoms with Crippen LogP contribution in [0.2, 0.25) is 0 Å². The topological polar surface area (TPSA) is 161 Å². The molecular weight excluding hydrogens is 612 g/mol. The molecule has 0 saturated carbocycles. The lowest BCUT2D eigenvalue weighted by atomic mass is 10.1. The van der Waals surface area contributed by atoms with Crippen molar-refractivity contribution in [3.05, 3.63) is 77.1 Å². The summed E-state index contributed by atoms with van der Waals surface area (Å²) < 4.78 is 17.0. The number of amides is 3. The van der Waals surface area contributed by atoms with Gasteiger partial charge in [-0.25, -0.2) is 9.78 Å². The van der Waals surface area contributed by atoms with Crippen LogP contribution in [0.5, 0.6) is 11.5 Å². The van der Waals surface area contributed by atoms with E-state index in [9.17, 15) is 14.4 Å². The number of aryl methyl sites for hydroxylation is 1. The van der Waals surface area contributed by atoms with Crippen LogP contribution in [0.1, 0.15) is 78.6 Å². The maximum Gasteiger partial charge on any atom is 0.408 e. The van der Waals surface area contributed by atoms with Gasteiger partial charge in [0.05, 0.1) is 42.7 Å². The number of carbonyl (C=O) groups excluding carboxylic acids is 3. The van der Waals surface area contributed by atoms with Gasteiger partial charge in [-0.3, -0.25) is 9.59 Å². The maximum absolute atomic E-state index is 13.6. The first-order valence-corrected chi connectivity index (χ1v) is 16.1. The van der Waals surface area contributed by atoms with Crippen molar-refractivity contribution in [2.24, 2.45) is 5.73 Å². The predicted molar refractivity (Wildman–Crippen MR) is 187 cm³/mol. The molecule has 12 heteroatoms. The number of ether oxygens (including phenoxy) is 3. The van der Waals surface area contributed by atoms with Crippen LogP contribution >= 0.6 is 0 Å². The number of H-pyrrole nitrogens is 1. The van der Waals surface area contributed by atoms with Gasteiger partial charge in [-0.05, 0) is 95.1 Å². The highest BCUT2D eigenvalue weighted by Crippen LogP contribution is 2.32. The van der Waals surface area contributed by atoms with Crippen LogP contribution in [0.3, 0.4) is 0 Å². The molecule has 0 radical (unpaired) electrons. The second-order valence-electron chi connectivity index (χ2n) is 12.5. The molecule has 3 amide bonds. The van der Waals surface area contributed by atoms with Gasteiger partial charge in [0.25, 0.3) is 11.8 Å². The first kappa shape index (κ1) is 35.7. The van der Waals surface area contributed by atoms with E-state index in [2.05, 4.69) is 20.6 Å². The van der Waals surface area contributed by atoms with Gasteiger partial charge in [0.2, 0.25) is 0 Å². The number of nitrogens with two attached hydrogens (primary N) is 1. The van der Waals surface area contributed by atoms with Crippen LogP contribution in [0.15, 0.2) is 54.6 Å². The average molecular weight is 659 g/mol. The van der Waals surface area contributed by atoms with E-state index < -0.39 is 17.6 Å². The molecule has 0 saturated heterocycles. The average Bonchev–Trinajstić information content (AvgIpc) is 3.47. The lowest BCUT2D eigenvalue weighted by Gasteiger charge is -2.22. The predicted octanol–water partition coefficient (Wildman–Crippen LogP) is 6.33. The van der Waals surface area contributed by atoms with Gasteiger partial charge in [-0.1, -0.05) is 25.0 Å². The number of anilines is 2. The number of unbranched alkanes of at least 4 members (excludes halogenated alkanes) is 3. The largest absolute Gasteiger partial charge is 0.495 e. The highest BCUT2D eigenvalue weighted by atomic mass is 16.6. The molecule has 0 atom stereocenters. The number of para-hydroxylation sites is 1. The van der Waals surface area contributed by atoms with Crippen LogP contribution in [0.4, 0.5) is 16.2 Å². The van der Waals surface area contributed by atoms with Crippen molar-refractivity contribution in [3.63, 3.8) is 0 Å². The highest BCUT2D eigenvalue weighted by molar-refractivity contribution is 6.12.